The van der Waals surface area contributed by atoms with Crippen LogP contribution in [0.3, 0.4) is 0 Å². The minimum Gasteiger partial charge on any atom is -0.309 e. The summed E-state index contributed by atoms with van der Waals surface area (Å²) in [5.41, 5.74) is 11.5. The number of nitrogens with zero attached hydrogens (tertiary/aromatic N) is 1. The monoisotopic (exact) mass is 611 g/mol. The van der Waals surface area contributed by atoms with E-state index in [1.807, 2.05) is 29.5 Å². The van der Waals surface area contributed by atoms with Gasteiger partial charge in [0, 0.05) is 47.8 Å². The molecule has 1 aliphatic heterocycles. The highest BCUT2D eigenvalue weighted by Crippen LogP contribution is 2.57. The average Bonchev–Trinajstić information content (AvgIpc) is 3.47. The summed E-state index contributed by atoms with van der Waals surface area (Å²) in [5.74, 6) is 0.0976. The Balaban J connectivity index is 1.33. The first kappa shape index (κ1) is 27.3. The van der Waals surface area contributed by atoms with E-state index in [0.717, 1.165) is 39.1 Å². The third kappa shape index (κ3) is 3.61. The molecule has 9 rings (SSSR count). The quantitative estimate of drug-likeness (QED) is 0.194. The van der Waals surface area contributed by atoms with Crippen molar-refractivity contribution >= 4 is 54.4 Å². The van der Waals surface area contributed by atoms with E-state index in [1.165, 1.54) is 42.7 Å². The smallest absolute Gasteiger partial charge is 0.193 e. The van der Waals surface area contributed by atoms with Crippen LogP contribution in [0.15, 0.2) is 127 Å². The lowest BCUT2D eigenvalue weighted by Crippen LogP contribution is -2.33. The summed E-state index contributed by atoms with van der Waals surface area (Å²) in [7, 11) is 0. The molecule has 6 aromatic carbocycles. The highest BCUT2D eigenvalue weighted by Gasteiger charge is 2.41. The molecule has 3 heteroatoms. The third-order valence-corrected chi connectivity index (χ3v) is 11.6. The number of benzene rings is 6. The molecule has 0 fully saturated rings. The molecule has 0 bridgehead atoms. The van der Waals surface area contributed by atoms with E-state index in [0.29, 0.717) is 0 Å². The van der Waals surface area contributed by atoms with Crippen LogP contribution in [0.25, 0.3) is 31.3 Å². The molecule has 0 saturated heterocycles. The van der Waals surface area contributed by atoms with Gasteiger partial charge < -0.3 is 4.90 Å². The number of fused-ring (bicyclic) bond motifs is 8. The van der Waals surface area contributed by atoms with E-state index >= 15 is 0 Å². The van der Waals surface area contributed by atoms with Crippen LogP contribution in [0.2, 0.25) is 0 Å². The van der Waals surface area contributed by atoms with Crippen molar-refractivity contribution in [2.75, 3.05) is 4.90 Å². The van der Waals surface area contributed by atoms with Gasteiger partial charge in [-0.3, -0.25) is 4.79 Å². The Morgan fingerprint density at radius 2 is 1.30 bits per heavy atom. The lowest BCUT2D eigenvalue weighted by atomic mass is 9.66. The zero-order valence-corrected chi connectivity index (χ0v) is 27.2. The highest BCUT2D eigenvalue weighted by atomic mass is 32.1. The number of hydrogen-bond donors (Lipinski definition) is 0. The zero-order chi connectivity index (χ0) is 31.4. The average molecular weight is 612 g/mol. The zero-order valence-electron chi connectivity index (χ0n) is 26.4. The molecule has 0 saturated carbocycles. The molecule has 2 nitrogen and oxygen atoms in total. The first-order chi connectivity index (χ1) is 22.3. The van der Waals surface area contributed by atoms with Crippen molar-refractivity contribution in [1.29, 1.82) is 0 Å². The van der Waals surface area contributed by atoms with Gasteiger partial charge in [0.15, 0.2) is 5.78 Å². The second kappa shape index (κ2) is 9.51. The number of hydrogen-bond acceptors (Lipinski definition) is 3. The summed E-state index contributed by atoms with van der Waals surface area (Å²) in [6.45, 7) is 9.25. The maximum Gasteiger partial charge on any atom is 0.193 e. The molecular weight excluding hydrogens is 579 g/mol. The van der Waals surface area contributed by atoms with E-state index < -0.39 is 5.41 Å². The summed E-state index contributed by atoms with van der Waals surface area (Å²) in [5, 5.41) is 2.58. The molecule has 0 unspecified atom stereocenters. The Morgan fingerprint density at radius 3 is 2.15 bits per heavy atom. The summed E-state index contributed by atoms with van der Waals surface area (Å²) < 4.78 is 2.58. The molecule has 0 amide bonds. The van der Waals surface area contributed by atoms with Crippen molar-refractivity contribution < 1.29 is 4.79 Å². The SMILES string of the molecule is CC1(C)c2ccccc2N(c2ccc3c(c2)C(C)(C)c2c(cccc2-c2ccccc2)C3=O)c2c1ccc1sc3ccccc3c21. The van der Waals surface area contributed by atoms with Crippen molar-refractivity contribution in [3.63, 3.8) is 0 Å². The topological polar surface area (TPSA) is 20.3 Å². The van der Waals surface area contributed by atoms with E-state index in [9.17, 15) is 4.79 Å². The lowest BCUT2D eigenvalue weighted by molar-refractivity contribution is 0.103. The molecule has 222 valence electrons. The van der Waals surface area contributed by atoms with Crippen molar-refractivity contribution in [1.82, 2.24) is 0 Å². The molecule has 1 aliphatic carbocycles. The van der Waals surface area contributed by atoms with E-state index in [4.69, 9.17) is 0 Å². The normalized spacial score (nSPS) is 15.7. The number of anilines is 3. The molecular formula is C43H33NOS. The molecule has 46 heavy (non-hydrogen) atoms. The van der Waals surface area contributed by atoms with Gasteiger partial charge in [-0.2, -0.15) is 0 Å². The fourth-order valence-corrected chi connectivity index (χ4v) is 9.31. The first-order valence-corrected chi connectivity index (χ1v) is 16.8. The van der Waals surface area contributed by atoms with Gasteiger partial charge in [-0.25, -0.2) is 0 Å². The van der Waals surface area contributed by atoms with Crippen LogP contribution in [0.1, 0.15) is 65.9 Å². The van der Waals surface area contributed by atoms with E-state index in [-0.39, 0.29) is 11.2 Å². The van der Waals surface area contributed by atoms with Crippen molar-refractivity contribution in [2.24, 2.45) is 0 Å². The summed E-state index contributed by atoms with van der Waals surface area (Å²) in [4.78, 5) is 16.7. The predicted molar refractivity (Wildman–Crippen MR) is 194 cm³/mol. The molecule has 0 spiro atoms. The molecule has 2 heterocycles. The Hall–Kier alpha value is -4.99. The number of carbonyl (C=O) groups is 1. The number of rotatable bonds is 2. The highest BCUT2D eigenvalue weighted by molar-refractivity contribution is 7.26. The predicted octanol–water partition coefficient (Wildman–Crippen LogP) is 11.7. The minimum absolute atomic E-state index is 0.0976. The number of carbonyl (C=O) groups excluding carboxylic acids is 1. The van der Waals surface area contributed by atoms with Crippen LogP contribution >= 0.6 is 11.3 Å². The van der Waals surface area contributed by atoms with Gasteiger partial charge in [-0.15, -0.1) is 11.3 Å². The van der Waals surface area contributed by atoms with Gasteiger partial charge in [-0.1, -0.05) is 119 Å². The van der Waals surface area contributed by atoms with Crippen LogP contribution in [0.4, 0.5) is 17.1 Å². The van der Waals surface area contributed by atoms with Crippen LogP contribution in [-0.4, -0.2) is 5.78 Å². The molecule has 0 N–H and O–H groups in total. The van der Waals surface area contributed by atoms with E-state index in [2.05, 4.69) is 142 Å². The van der Waals surface area contributed by atoms with Crippen LogP contribution < -0.4 is 4.90 Å². The van der Waals surface area contributed by atoms with Gasteiger partial charge >= 0.3 is 0 Å². The molecule has 1 aromatic heterocycles. The van der Waals surface area contributed by atoms with E-state index in [1.54, 1.807) is 0 Å². The second-order valence-electron chi connectivity index (χ2n) is 13.7. The minimum atomic E-state index is -0.403. The van der Waals surface area contributed by atoms with Gasteiger partial charge in [0.2, 0.25) is 0 Å². The standard InChI is InChI=1S/C43H33NOS/c1-42(2)32-18-9-10-19-35(32)44(40-33(42)23-24-37-38(40)30-15-8-11-20-36(30)46-37)27-21-22-29-34(25-27)43(3,4)39-28(26-13-6-5-7-14-26)16-12-17-31(39)41(29)45/h5-25H,1-4H3. The number of para-hydroxylation sites is 1. The second-order valence-corrected chi connectivity index (χ2v) is 14.8. The van der Waals surface area contributed by atoms with Gasteiger partial charge in [-0.05, 0) is 69.8 Å². The van der Waals surface area contributed by atoms with Crippen molar-refractivity contribution in [2.45, 2.75) is 38.5 Å². The Morgan fingerprint density at radius 1 is 0.565 bits per heavy atom. The summed E-state index contributed by atoms with van der Waals surface area (Å²) >= 11 is 1.86. The van der Waals surface area contributed by atoms with Crippen LogP contribution in [0, 0.1) is 0 Å². The number of ketones is 1. The maximum absolute atomic E-state index is 14.2. The summed E-state index contributed by atoms with van der Waals surface area (Å²) in [6.07, 6.45) is 0. The van der Waals surface area contributed by atoms with Crippen LogP contribution in [-0.2, 0) is 10.8 Å². The Bertz CT molecular complexity index is 2390. The van der Waals surface area contributed by atoms with Gasteiger partial charge in [0.25, 0.3) is 0 Å². The third-order valence-electron chi connectivity index (χ3n) is 10.4. The molecule has 2 aliphatic rings. The Labute approximate surface area is 273 Å². The first-order valence-electron chi connectivity index (χ1n) is 16.0. The van der Waals surface area contributed by atoms with Crippen LogP contribution in [0.5, 0.6) is 0 Å². The molecule has 7 aromatic rings. The number of thiophene rings is 1. The lowest BCUT2D eigenvalue weighted by Gasteiger charge is -2.43. The Kier molecular flexibility index (Phi) is 5.65. The summed E-state index contributed by atoms with van der Waals surface area (Å²) in [6, 6.07) is 45.4. The van der Waals surface area contributed by atoms with Gasteiger partial charge in [0.1, 0.15) is 0 Å². The molecule has 0 radical (unpaired) electrons. The largest absolute Gasteiger partial charge is 0.309 e. The van der Waals surface area contributed by atoms with Crippen molar-refractivity contribution in [3.05, 3.63) is 161 Å². The molecule has 0 atom stereocenters. The van der Waals surface area contributed by atoms with Crippen molar-refractivity contribution in [3.8, 4) is 11.1 Å². The fourth-order valence-electron chi connectivity index (χ4n) is 8.21. The maximum atomic E-state index is 14.2. The van der Waals surface area contributed by atoms with Gasteiger partial charge in [0.05, 0.1) is 11.4 Å². The fraction of sp³-hybridized carbons (Fsp3) is 0.140.